The quantitative estimate of drug-likeness (QED) is 0.627. The summed E-state index contributed by atoms with van der Waals surface area (Å²) < 4.78 is 6.25. The Morgan fingerprint density at radius 2 is 1.90 bits per heavy atom. The Balaban J connectivity index is 1.52. The van der Waals surface area contributed by atoms with E-state index >= 15 is 0 Å². The molecular weight excluding hydrogens is 414 g/mol. The van der Waals surface area contributed by atoms with E-state index in [-0.39, 0.29) is 17.9 Å². The second kappa shape index (κ2) is 8.04. The number of fused-ring (bicyclic) bond motifs is 3. The van der Waals surface area contributed by atoms with Crippen LogP contribution in [0.3, 0.4) is 0 Å². The smallest absolute Gasteiger partial charge is 0.254 e. The van der Waals surface area contributed by atoms with Gasteiger partial charge in [0, 0.05) is 29.4 Å². The standard InChI is InChI=1S/C24H20ClN3O3/c25-18-9-7-17(8-10-18)23(29)28-15-19-12-21(28)24(30)27(14-16-4-3-11-26-13-16)20-5-1-2-6-22(20)31-19/h1-11,13,19,21H,12,14-15H2. The molecule has 6 nitrogen and oxygen atoms in total. The van der Waals surface area contributed by atoms with Crippen LogP contribution < -0.4 is 9.64 Å². The number of anilines is 1. The van der Waals surface area contributed by atoms with Gasteiger partial charge in [-0.25, -0.2) is 0 Å². The van der Waals surface area contributed by atoms with Gasteiger partial charge >= 0.3 is 0 Å². The molecule has 31 heavy (non-hydrogen) atoms. The zero-order valence-electron chi connectivity index (χ0n) is 16.6. The largest absolute Gasteiger partial charge is 0.486 e. The van der Waals surface area contributed by atoms with E-state index in [1.54, 1.807) is 46.5 Å². The first-order valence-electron chi connectivity index (χ1n) is 10.1. The summed E-state index contributed by atoms with van der Waals surface area (Å²) in [5, 5.41) is 0.558. The van der Waals surface area contributed by atoms with Crippen molar-refractivity contribution in [1.82, 2.24) is 9.88 Å². The normalized spacial score (nSPS) is 20.0. The zero-order chi connectivity index (χ0) is 21.4. The number of pyridine rings is 1. The third-order valence-electron chi connectivity index (χ3n) is 5.68. The first kappa shape index (κ1) is 19.6. The predicted octanol–water partition coefficient (Wildman–Crippen LogP) is 3.94. The first-order chi connectivity index (χ1) is 15.1. The van der Waals surface area contributed by atoms with Crippen molar-refractivity contribution in [3.63, 3.8) is 0 Å². The molecule has 5 rings (SSSR count). The van der Waals surface area contributed by atoms with Gasteiger partial charge in [-0.3, -0.25) is 14.6 Å². The van der Waals surface area contributed by atoms with E-state index in [4.69, 9.17) is 16.3 Å². The lowest BCUT2D eigenvalue weighted by Crippen LogP contribution is -2.47. The molecule has 0 N–H and O–H groups in total. The molecule has 0 aliphatic carbocycles. The number of carbonyl (C=O) groups is 2. The predicted molar refractivity (Wildman–Crippen MR) is 117 cm³/mol. The van der Waals surface area contributed by atoms with Crippen LogP contribution >= 0.6 is 11.6 Å². The Morgan fingerprint density at radius 3 is 2.68 bits per heavy atom. The third kappa shape index (κ3) is 3.75. The molecule has 2 unspecified atom stereocenters. The van der Waals surface area contributed by atoms with E-state index in [1.165, 1.54) is 0 Å². The summed E-state index contributed by atoms with van der Waals surface area (Å²) >= 11 is 5.97. The molecule has 7 heteroatoms. The number of para-hydroxylation sites is 2. The fraction of sp³-hybridized carbons (Fsp3) is 0.208. The summed E-state index contributed by atoms with van der Waals surface area (Å²) in [4.78, 5) is 34.5. The van der Waals surface area contributed by atoms with E-state index in [0.29, 0.717) is 41.5 Å². The summed E-state index contributed by atoms with van der Waals surface area (Å²) in [6.07, 6.45) is 3.65. The van der Waals surface area contributed by atoms with Gasteiger partial charge in [0.15, 0.2) is 0 Å². The molecule has 2 amide bonds. The molecule has 1 saturated heterocycles. The van der Waals surface area contributed by atoms with E-state index in [0.717, 1.165) is 5.56 Å². The van der Waals surface area contributed by atoms with Gasteiger partial charge < -0.3 is 14.5 Å². The topological polar surface area (TPSA) is 62.7 Å². The molecule has 0 radical (unpaired) electrons. The number of ether oxygens (including phenoxy) is 1. The Labute approximate surface area is 185 Å². The van der Waals surface area contributed by atoms with Gasteiger partial charge in [0.25, 0.3) is 5.91 Å². The van der Waals surface area contributed by atoms with Crippen molar-refractivity contribution in [3.05, 3.63) is 89.2 Å². The van der Waals surface area contributed by atoms with Crippen LogP contribution in [0.1, 0.15) is 22.3 Å². The number of aromatic nitrogens is 1. The monoisotopic (exact) mass is 433 g/mol. The van der Waals surface area contributed by atoms with Gasteiger partial charge in [-0.05, 0) is 48.0 Å². The van der Waals surface area contributed by atoms with Crippen LogP contribution in [-0.2, 0) is 11.3 Å². The lowest BCUT2D eigenvalue weighted by atomic mass is 10.1. The van der Waals surface area contributed by atoms with Crippen LogP contribution in [0.25, 0.3) is 0 Å². The van der Waals surface area contributed by atoms with Crippen molar-refractivity contribution in [2.45, 2.75) is 25.1 Å². The second-order valence-corrected chi connectivity index (χ2v) is 8.15. The zero-order valence-corrected chi connectivity index (χ0v) is 17.4. The molecule has 156 valence electrons. The maximum absolute atomic E-state index is 13.8. The number of halogens is 1. The molecule has 1 fully saturated rings. The summed E-state index contributed by atoms with van der Waals surface area (Å²) in [5.74, 6) is 0.321. The van der Waals surface area contributed by atoms with Crippen LogP contribution in [0, 0.1) is 0 Å². The van der Waals surface area contributed by atoms with Crippen molar-refractivity contribution in [2.75, 3.05) is 11.4 Å². The number of amides is 2. The highest BCUT2D eigenvalue weighted by atomic mass is 35.5. The lowest BCUT2D eigenvalue weighted by Gasteiger charge is -2.31. The van der Waals surface area contributed by atoms with Gasteiger partial charge in [0.05, 0.1) is 18.8 Å². The summed E-state index contributed by atoms with van der Waals surface area (Å²) in [6.45, 7) is 0.699. The number of nitrogens with zero attached hydrogens (tertiary/aromatic N) is 3. The van der Waals surface area contributed by atoms with Gasteiger partial charge in [-0.2, -0.15) is 0 Å². The highest BCUT2D eigenvalue weighted by Crippen LogP contribution is 2.37. The minimum Gasteiger partial charge on any atom is -0.486 e. The van der Waals surface area contributed by atoms with Gasteiger partial charge in [-0.1, -0.05) is 29.8 Å². The van der Waals surface area contributed by atoms with Gasteiger partial charge in [0.1, 0.15) is 17.9 Å². The molecule has 2 aliphatic rings. The fourth-order valence-corrected chi connectivity index (χ4v) is 4.32. The number of hydrogen-bond donors (Lipinski definition) is 0. The molecule has 2 aromatic carbocycles. The van der Waals surface area contributed by atoms with E-state index < -0.39 is 6.04 Å². The maximum atomic E-state index is 13.8. The molecule has 3 heterocycles. The van der Waals surface area contributed by atoms with Gasteiger partial charge in [0.2, 0.25) is 5.91 Å². The Hall–Kier alpha value is -3.38. The number of carbonyl (C=O) groups excluding carboxylic acids is 2. The van der Waals surface area contributed by atoms with Crippen LogP contribution in [0.5, 0.6) is 5.75 Å². The van der Waals surface area contributed by atoms with Crippen LogP contribution in [0.2, 0.25) is 5.02 Å². The fourth-order valence-electron chi connectivity index (χ4n) is 4.19. The van der Waals surface area contributed by atoms with Crippen molar-refractivity contribution in [2.24, 2.45) is 0 Å². The van der Waals surface area contributed by atoms with Crippen LogP contribution in [-0.4, -0.2) is 40.4 Å². The third-order valence-corrected chi connectivity index (χ3v) is 5.93. The highest BCUT2D eigenvalue weighted by molar-refractivity contribution is 6.30. The van der Waals surface area contributed by atoms with Crippen molar-refractivity contribution in [1.29, 1.82) is 0 Å². The summed E-state index contributed by atoms with van der Waals surface area (Å²) in [6, 6.07) is 17.4. The Bertz CT molecular complexity index is 1120. The number of benzene rings is 2. The molecule has 0 saturated carbocycles. The molecular formula is C24H20ClN3O3. The average Bonchev–Trinajstić information content (AvgIpc) is 3.22. The van der Waals surface area contributed by atoms with Crippen molar-refractivity contribution < 1.29 is 14.3 Å². The summed E-state index contributed by atoms with van der Waals surface area (Å²) in [7, 11) is 0. The van der Waals surface area contributed by atoms with Crippen LogP contribution in [0.4, 0.5) is 5.69 Å². The number of likely N-dealkylation sites (tertiary alicyclic amines) is 1. The van der Waals surface area contributed by atoms with Crippen molar-refractivity contribution >= 4 is 29.1 Å². The van der Waals surface area contributed by atoms with E-state index in [2.05, 4.69) is 4.98 Å². The molecule has 1 aromatic heterocycles. The molecule has 3 aromatic rings. The maximum Gasteiger partial charge on any atom is 0.254 e. The minimum absolute atomic E-state index is 0.121. The lowest BCUT2D eigenvalue weighted by molar-refractivity contribution is -0.122. The number of rotatable bonds is 3. The Kier molecular flexibility index (Phi) is 5.08. The second-order valence-electron chi connectivity index (χ2n) is 7.71. The average molecular weight is 434 g/mol. The molecule has 2 bridgehead atoms. The molecule has 2 atom stereocenters. The van der Waals surface area contributed by atoms with E-state index in [1.807, 2.05) is 36.4 Å². The van der Waals surface area contributed by atoms with Crippen molar-refractivity contribution in [3.8, 4) is 5.75 Å². The molecule has 2 aliphatic heterocycles. The number of hydrogen-bond acceptors (Lipinski definition) is 4. The van der Waals surface area contributed by atoms with E-state index in [9.17, 15) is 9.59 Å². The van der Waals surface area contributed by atoms with Crippen LogP contribution in [0.15, 0.2) is 73.1 Å². The van der Waals surface area contributed by atoms with Gasteiger partial charge in [-0.15, -0.1) is 0 Å². The molecule has 0 spiro atoms. The summed E-state index contributed by atoms with van der Waals surface area (Å²) in [5.41, 5.74) is 2.10. The Morgan fingerprint density at radius 1 is 1.10 bits per heavy atom. The first-order valence-corrected chi connectivity index (χ1v) is 10.5. The minimum atomic E-state index is -0.599. The SMILES string of the molecule is O=C1C2CC(CN2C(=O)c2ccc(Cl)cc2)Oc2ccccc2N1Cc1cccnc1. The highest BCUT2D eigenvalue weighted by Gasteiger charge is 2.45.